The first-order valence-electron chi connectivity index (χ1n) is 8.97. The molecule has 0 saturated carbocycles. The normalized spacial score (nSPS) is 16.3. The first-order valence-corrected chi connectivity index (χ1v) is 8.97. The summed E-state index contributed by atoms with van der Waals surface area (Å²) in [4.78, 5) is 47.5. The van der Waals surface area contributed by atoms with Crippen LogP contribution in [0.1, 0.15) is 0 Å². The van der Waals surface area contributed by atoms with Gasteiger partial charge in [0.05, 0.1) is 65.9 Å². The Kier molecular flexibility index (Phi) is 9.49. The van der Waals surface area contributed by atoms with Gasteiger partial charge in [-0.05, 0) is 0 Å². The van der Waals surface area contributed by atoms with Crippen molar-refractivity contribution in [2.24, 2.45) is 0 Å². The maximum atomic E-state index is 11.3. The number of carbonyl (C=O) groups excluding carboxylic acids is 4. The number of rotatable bonds is 15. The second kappa shape index (κ2) is 12.1. The van der Waals surface area contributed by atoms with Crippen LogP contribution in [0.2, 0.25) is 0 Å². The van der Waals surface area contributed by atoms with Gasteiger partial charge in [-0.2, -0.15) is 0 Å². The van der Waals surface area contributed by atoms with Crippen molar-refractivity contribution >= 4 is 23.6 Å². The molecule has 2 aliphatic heterocycles. The van der Waals surface area contributed by atoms with Crippen LogP contribution in [0.5, 0.6) is 0 Å². The molecule has 2 aliphatic rings. The van der Waals surface area contributed by atoms with Crippen molar-refractivity contribution in [2.45, 2.75) is 0 Å². The Morgan fingerprint density at radius 2 is 0.714 bits per heavy atom. The molecule has 0 aromatic heterocycles. The van der Waals surface area contributed by atoms with Crippen LogP contribution in [0.15, 0.2) is 24.3 Å². The number of imide groups is 2. The van der Waals surface area contributed by atoms with E-state index in [2.05, 4.69) is 0 Å². The van der Waals surface area contributed by atoms with Crippen molar-refractivity contribution in [1.82, 2.24) is 9.80 Å². The minimum atomic E-state index is -0.319. The highest BCUT2D eigenvalue weighted by atomic mass is 16.6. The third-order valence-corrected chi connectivity index (χ3v) is 3.84. The van der Waals surface area contributed by atoms with Gasteiger partial charge in [-0.15, -0.1) is 0 Å². The lowest BCUT2D eigenvalue weighted by atomic mass is 10.5. The van der Waals surface area contributed by atoms with E-state index in [4.69, 9.17) is 18.9 Å². The lowest BCUT2D eigenvalue weighted by molar-refractivity contribution is -0.139. The van der Waals surface area contributed by atoms with Gasteiger partial charge in [0, 0.05) is 24.3 Å². The molecule has 2 rings (SSSR count). The Bertz CT molecular complexity index is 541. The van der Waals surface area contributed by atoms with Crippen LogP contribution in [0.25, 0.3) is 0 Å². The largest absolute Gasteiger partial charge is 0.377 e. The lowest BCUT2D eigenvalue weighted by Gasteiger charge is -2.14. The van der Waals surface area contributed by atoms with Gasteiger partial charge >= 0.3 is 0 Å². The molecule has 0 radical (unpaired) electrons. The van der Waals surface area contributed by atoms with Gasteiger partial charge in [0.2, 0.25) is 0 Å². The van der Waals surface area contributed by atoms with E-state index in [1.807, 2.05) is 0 Å². The van der Waals surface area contributed by atoms with Gasteiger partial charge < -0.3 is 18.9 Å². The zero-order chi connectivity index (χ0) is 20.2. The third kappa shape index (κ3) is 7.31. The van der Waals surface area contributed by atoms with Crippen molar-refractivity contribution in [3.8, 4) is 0 Å². The maximum Gasteiger partial charge on any atom is 0.253 e. The zero-order valence-corrected chi connectivity index (χ0v) is 15.5. The van der Waals surface area contributed by atoms with E-state index in [-0.39, 0.29) is 49.9 Å². The molecule has 154 valence electrons. The van der Waals surface area contributed by atoms with Crippen LogP contribution in [0.3, 0.4) is 0 Å². The predicted molar refractivity (Wildman–Crippen MR) is 95.0 cm³/mol. The van der Waals surface area contributed by atoms with Crippen molar-refractivity contribution in [3.05, 3.63) is 24.3 Å². The predicted octanol–water partition coefficient (Wildman–Crippen LogP) is -1.10. The highest BCUT2D eigenvalue weighted by Crippen LogP contribution is 2.03. The van der Waals surface area contributed by atoms with Gasteiger partial charge in [0.15, 0.2) is 0 Å². The first kappa shape index (κ1) is 21.9. The van der Waals surface area contributed by atoms with E-state index in [9.17, 15) is 19.2 Å². The van der Waals surface area contributed by atoms with Crippen LogP contribution in [0, 0.1) is 0 Å². The summed E-state index contributed by atoms with van der Waals surface area (Å²) in [6.07, 6.45) is 4.96. The summed E-state index contributed by atoms with van der Waals surface area (Å²) in [6.45, 7) is 3.26. The van der Waals surface area contributed by atoms with Gasteiger partial charge in [-0.25, -0.2) is 0 Å². The van der Waals surface area contributed by atoms with Crippen LogP contribution >= 0.6 is 0 Å². The number of hydrogen-bond donors (Lipinski definition) is 0. The monoisotopic (exact) mass is 396 g/mol. The molecule has 2 heterocycles. The molecule has 0 fully saturated rings. The molecule has 0 aromatic carbocycles. The molecular formula is C18H24N2O8. The van der Waals surface area contributed by atoms with Crippen molar-refractivity contribution in [3.63, 3.8) is 0 Å². The van der Waals surface area contributed by atoms with Gasteiger partial charge in [0.1, 0.15) is 0 Å². The number of ether oxygens (including phenoxy) is 4. The van der Waals surface area contributed by atoms with E-state index in [0.717, 1.165) is 9.80 Å². The smallest absolute Gasteiger partial charge is 0.253 e. The van der Waals surface area contributed by atoms with Gasteiger partial charge in [-0.1, -0.05) is 0 Å². The molecule has 0 unspecified atom stereocenters. The Morgan fingerprint density at radius 1 is 0.464 bits per heavy atom. The number of amides is 4. The zero-order valence-electron chi connectivity index (χ0n) is 15.5. The fourth-order valence-electron chi connectivity index (χ4n) is 2.38. The van der Waals surface area contributed by atoms with E-state index >= 15 is 0 Å². The third-order valence-electron chi connectivity index (χ3n) is 3.84. The van der Waals surface area contributed by atoms with Crippen LogP contribution in [-0.4, -0.2) is 99.4 Å². The Hall–Kier alpha value is -2.40. The SMILES string of the molecule is O=C1C=CC(=O)N1CCOCCOCCOCCOCCN1C(=O)C=CC1=O. The summed E-state index contributed by atoms with van der Waals surface area (Å²) in [5, 5.41) is 0. The van der Waals surface area contributed by atoms with Crippen LogP contribution < -0.4 is 0 Å². The standard InChI is InChI=1S/C18H24N2O8/c21-15-1-2-16(22)19(15)5-7-25-9-11-27-13-14-28-12-10-26-8-6-20-17(23)3-4-18(20)24/h1-4H,5-14H2. The fourth-order valence-corrected chi connectivity index (χ4v) is 2.38. The summed E-state index contributed by atoms with van der Waals surface area (Å²) < 4.78 is 21.3. The molecule has 4 amide bonds. The molecule has 10 nitrogen and oxygen atoms in total. The van der Waals surface area contributed by atoms with Gasteiger partial charge in [0.25, 0.3) is 23.6 Å². The molecule has 10 heteroatoms. The van der Waals surface area contributed by atoms with Gasteiger partial charge in [-0.3, -0.25) is 29.0 Å². The molecule has 0 atom stereocenters. The quantitative estimate of drug-likeness (QED) is 0.253. The molecule has 0 N–H and O–H groups in total. The molecule has 0 saturated heterocycles. The number of hydrogen-bond acceptors (Lipinski definition) is 8. The topological polar surface area (TPSA) is 112 Å². The Balaban J connectivity index is 1.30. The summed E-state index contributed by atoms with van der Waals surface area (Å²) in [5.41, 5.74) is 0. The minimum absolute atomic E-state index is 0.227. The average Bonchev–Trinajstić information content (AvgIpc) is 3.17. The number of carbonyl (C=O) groups is 4. The van der Waals surface area contributed by atoms with Crippen LogP contribution in [0.4, 0.5) is 0 Å². The minimum Gasteiger partial charge on any atom is -0.377 e. The van der Waals surface area contributed by atoms with E-state index in [0.29, 0.717) is 39.6 Å². The second-order valence-electron chi connectivity index (χ2n) is 5.77. The van der Waals surface area contributed by atoms with Crippen molar-refractivity contribution in [1.29, 1.82) is 0 Å². The first-order chi connectivity index (χ1) is 13.6. The highest BCUT2D eigenvalue weighted by Gasteiger charge is 2.23. The second-order valence-corrected chi connectivity index (χ2v) is 5.77. The van der Waals surface area contributed by atoms with Crippen LogP contribution in [-0.2, 0) is 38.1 Å². The average molecular weight is 396 g/mol. The van der Waals surface area contributed by atoms with Crippen molar-refractivity contribution < 1.29 is 38.1 Å². The summed E-state index contributed by atoms with van der Waals surface area (Å²) in [6, 6.07) is 0. The fraction of sp³-hybridized carbons (Fsp3) is 0.556. The van der Waals surface area contributed by atoms with E-state index in [1.54, 1.807) is 0 Å². The lowest BCUT2D eigenvalue weighted by Crippen LogP contribution is -2.33. The Morgan fingerprint density at radius 3 is 1.00 bits per heavy atom. The summed E-state index contributed by atoms with van der Waals surface area (Å²) >= 11 is 0. The highest BCUT2D eigenvalue weighted by molar-refractivity contribution is 6.13. The molecule has 0 bridgehead atoms. The molecule has 0 aromatic rings. The molecule has 0 spiro atoms. The Labute approximate surface area is 162 Å². The molecule has 0 aliphatic carbocycles. The maximum absolute atomic E-state index is 11.3. The summed E-state index contributed by atoms with van der Waals surface area (Å²) in [7, 11) is 0. The van der Waals surface area contributed by atoms with Crippen molar-refractivity contribution in [2.75, 3.05) is 65.9 Å². The number of nitrogens with zero attached hydrogens (tertiary/aromatic N) is 2. The summed E-state index contributed by atoms with van der Waals surface area (Å²) in [5.74, 6) is -1.27. The molecule has 28 heavy (non-hydrogen) atoms. The van der Waals surface area contributed by atoms with E-state index in [1.165, 1.54) is 24.3 Å². The molecular weight excluding hydrogens is 372 g/mol. The van der Waals surface area contributed by atoms with E-state index < -0.39 is 0 Å².